The Morgan fingerprint density at radius 3 is 2.94 bits per heavy atom. The van der Waals surface area contributed by atoms with E-state index in [2.05, 4.69) is 0 Å². The third-order valence-electron chi connectivity index (χ3n) is 3.38. The highest BCUT2D eigenvalue weighted by atomic mass is 16.5. The van der Waals surface area contributed by atoms with Crippen molar-refractivity contribution in [2.75, 3.05) is 13.7 Å². The van der Waals surface area contributed by atoms with Gasteiger partial charge in [-0.05, 0) is 25.3 Å². The lowest BCUT2D eigenvalue weighted by molar-refractivity contribution is -0.132. The molecule has 4 nitrogen and oxygen atoms in total. The Morgan fingerprint density at radius 2 is 2.17 bits per heavy atom. The minimum Gasteiger partial charge on any atom is -0.496 e. The normalized spacial score (nSPS) is 20.7. The van der Waals surface area contributed by atoms with Gasteiger partial charge in [0.2, 0.25) is 5.91 Å². The number of para-hydroxylation sites is 1. The molecular formula is C14H20N2O2. The van der Waals surface area contributed by atoms with Crippen LogP contribution in [0.15, 0.2) is 24.3 Å². The highest BCUT2D eigenvalue weighted by Gasteiger charge is 2.24. The first kappa shape index (κ1) is 12.9. The number of nitrogens with zero attached hydrogens (tertiary/aromatic N) is 1. The van der Waals surface area contributed by atoms with Gasteiger partial charge >= 0.3 is 0 Å². The van der Waals surface area contributed by atoms with E-state index in [9.17, 15) is 4.79 Å². The van der Waals surface area contributed by atoms with Crippen molar-refractivity contribution in [3.8, 4) is 5.75 Å². The minimum absolute atomic E-state index is 0.0541. The zero-order valence-corrected chi connectivity index (χ0v) is 10.8. The third-order valence-corrected chi connectivity index (χ3v) is 3.38. The van der Waals surface area contributed by atoms with Gasteiger partial charge in [0.15, 0.2) is 0 Å². The molecule has 1 fully saturated rings. The highest BCUT2D eigenvalue weighted by molar-refractivity contribution is 5.81. The summed E-state index contributed by atoms with van der Waals surface area (Å²) in [6.45, 7) is 1.36. The lowest BCUT2D eigenvalue weighted by atomic mass is 10.1. The molecular weight excluding hydrogens is 228 g/mol. The minimum atomic E-state index is -0.345. The molecule has 98 valence electrons. The topological polar surface area (TPSA) is 55.6 Å². The molecule has 1 aromatic carbocycles. The summed E-state index contributed by atoms with van der Waals surface area (Å²) in [6.07, 6.45) is 2.84. The van der Waals surface area contributed by atoms with Gasteiger partial charge in [0.05, 0.1) is 13.2 Å². The number of likely N-dealkylation sites (tertiary alicyclic amines) is 1. The van der Waals surface area contributed by atoms with E-state index in [4.69, 9.17) is 10.5 Å². The number of rotatable bonds is 3. The maximum absolute atomic E-state index is 12.1. The average molecular weight is 248 g/mol. The van der Waals surface area contributed by atoms with Crippen molar-refractivity contribution in [2.45, 2.75) is 31.8 Å². The molecule has 1 aliphatic rings. The van der Waals surface area contributed by atoms with Crippen LogP contribution < -0.4 is 10.5 Å². The number of methoxy groups -OCH3 is 1. The second kappa shape index (κ2) is 5.87. The Labute approximate surface area is 108 Å². The lowest BCUT2D eigenvalue weighted by Crippen LogP contribution is -2.41. The smallest absolute Gasteiger partial charge is 0.239 e. The molecule has 1 saturated heterocycles. The first-order valence-corrected chi connectivity index (χ1v) is 6.38. The Bertz CT molecular complexity index is 420. The van der Waals surface area contributed by atoms with Gasteiger partial charge in [-0.2, -0.15) is 0 Å². The molecule has 0 bridgehead atoms. The van der Waals surface area contributed by atoms with E-state index >= 15 is 0 Å². The van der Waals surface area contributed by atoms with Gasteiger partial charge in [-0.3, -0.25) is 4.79 Å². The van der Waals surface area contributed by atoms with Crippen LogP contribution >= 0.6 is 0 Å². The summed E-state index contributed by atoms with van der Waals surface area (Å²) in [6, 6.07) is 7.44. The van der Waals surface area contributed by atoms with Gasteiger partial charge in [-0.1, -0.05) is 18.2 Å². The van der Waals surface area contributed by atoms with Crippen LogP contribution in [0.3, 0.4) is 0 Å². The number of carbonyl (C=O) groups excluding carboxylic acids is 1. The van der Waals surface area contributed by atoms with E-state index in [1.54, 1.807) is 7.11 Å². The molecule has 1 atom stereocenters. The van der Waals surface area contributed by atoms with Crippen LogP contribution in [-0.2, 0) is 11.3 Å². The summed E-state index contributed by atoms with van der Waals surface area (Å²) in [7, 11) is 1.65. The predicted molar refractivity (Wildman–Crippen MR) is 70.2 cm³/mol. The molecule has 2 N–H and O–H groups in total. The average Bonchev–Trinajstić information content (AvgIpc) is 2.55. The van der Waals surface area contributed by atoms with E-state index in [1.165, 1.54) is 0 Å². The number of hydrogen-bond acceptors (Lipinski definition) is 3. The molecule has 2 rings (SSSR count). The molecule has 0 radical (unpaired) electrons. The van der Waals surface area contributed by atoms with E-state index in [1.807, 2.05) is 29.2 Å². The first-order valence-electron chi connectivity index (χ1n) is 6.38. The van der Waals surface area contributed by atoms with Crippen molar-refractivity contribution < 1.29 is 9.53 Å². The number of amides is 1. The molecule has 0 saturated carbocycles. The van der Waals surface area contributed by atoms with Crippen LogP contribution in [-0.4, -0.2) is 30.5 Å². The molecule has 0 aliphatic carbocycles. The van der Waals surface area contributed by atoms with Gasteiger partial charge in [-0.15, -0.1) is 0 Å². The number of benzene rings is 1. The van der Waals surface area contributed by atoms with E-state index < -0.39 is 0 Å². The molecule has 1 aromatic rings. The fraction of sp³-hybridized carbons (Fsp3) is 0.500. The fourth-order valence-electron chi connectivity index (χ4n) is 2.33. The standard InChI is InChI=1S/C14H20N2O2/c1-18-13-8-3-2-6-11(13)10-16-9-5-4-7-12(15)14(16)17/h2-3,6,8,12H,4-5,7,9-10,15H2,1H3/t12-/m0/s1. The van der Waals surface area contributed by atoms with Crippen molar-refractivity contribution in [2.24, 2.45) is 5.73 Å². The van der Waals surface area contributed by atoms with E-state index in [-0.39, 0.29) is 11.9 Å². The van der Waals surface area contributed by atoms with E-state index in [0.717, 1.165) is 37.1 Å². The fourth-order valence-corrected chi connectivity index (χ4v) is 2.33. The van der Waals surface area contributed by atoms with Crippen LogP contribution in [0.4, 0.5) is 0 Å². The summed E-state index contributed by atoms with van der Waals surface area (Å²) >= 11 is 0. The summed E-state index contributed by atoms with van der Waals surface area (Å²) in [4.78, 5) is 14.0. The molecule has 0 aromatic heterocycles. The highest BCUT2D eigenvalue weighted by Crippen LogP contribution is 2.21. The number of carbonyl (C=O) groups is 1. The maximum atomic E-state index is 12.1. The zero-order valence-electron chi connectivity index (χ0n) is 10.8. The summed E-state index contributed by atoms with van der Waals surface area (Å²) in [5.74, 6) is 0.876. The Balaban J connectivity index is 2.14. The quantitative estimate of drug-likeness (QED) is 0.882. The zero-order chi connectivity index (χ0) is 13.0. The second-order valence-corrected chi connectivity index (χ2v) is 4.67. The van der Waals surface area contributed by atoms with Gasteiger partial charge in [0.25, 0.3) is 0 Å². The van der Waals surface area contributed by atoms with Crippen LogP contribution in [0, 0.1) is 0 Å². The molecule has 0 unspecified atom stereocenters. The third kappa shape index (κ3) is 2.82. The van der Waals surface area contributed by atoms with Crippen molar-refractivity contribution in [3.63, 3.8) is 0 Å². The van der Waals surface area contributed by atoms with Gasteiger partial charge < -0.3 is 15.4 Å². The van der Waals surface area contributed by atoms with Crippen molar-refractivity contribution in [1.29, 1.82) is 0 Å². The molecule has 1 amide bonds. The van der Waals surface area contributed by atoms with Gasteiger partial charge in [0.1, 0.15) is 5.75 Å². The SMILES string of the molecule is COc1ccccc1CN1CCCC[C@H](N)C1=O. The molecule has 4 heteroatoms. The Kier molecular flexibility index (Phi) is 4.20. The van der Waals surface area contributed by atoms with E-state index in [0.29, 0.717) is 6.54 Å². The number of hydrogen-bond donors (Lipinski definition) is 1. The van der Waals surface area contributed by atoms with Gasteiger partial charge in [0, 0.05) is 18.7 Å². The van der Waals surface area contributed by atoms with Crippen LogP contribution in [0.25, 0.3) is 0 Å². The Morgan fingerprint density at radius 1 is 1.39 bits per heavy atom. The van der Waals surface area contributed by atoms with Crippen molar-refractivity contribution >= 4 is 5.91 Å². The molecule has 1 aliphatic heterocycles. The monoisotopic (exact) mass is 248 g/mol. The van der Waals surface area contributed by atoms with Crippen LogP contribution in [0.5, 0.6) is 5.75 Å². The lowest BCUT2D eigenvalue weighted by Gasteiger charge is -2.23. The van der Waals surface area contributed by atoms with Gasteiger partial charge in [-0.25, -0.2) is 0 Å². The summed E-state index contributed by atoms with van der Waals surface area (Å²) in [5, 5.41) is 0. The van der Waals surface area contributed by atoms with Crippen LogP contribution in [0.2, 0.25) is 0 Å². The number of nitrogens with two attached hydrogens (primary N) is 1. The first-order chi connectivity index (χ1) is 8.72. The second-order valence-electron chi connectivity index (χ2n) is 4.67. The molecule has 18 heavy (non-hydrogen) atoms. The predicted octanol–water partition coefficient (Wildman–Crippen LogP) is 1.53. The molecule has 0 spiro atoms. The largest absolute Gasteiger partial charge is 0.496 e. The van der Waals surface area contributed by atoms with Crippen LogP contribution in [0.1, 0.15) is 24.8 Å². The molecule has 1 heterocycles. The maximum Gasteiger partial charge on any atom is 0.239 e. The number of ether oxygens (including phenoxy) is 1. The van der Waals surface area contributed by atoms with Crippen molar-refractivity contribution in [1.82, 2.24) is 4.90 Å². The van der Waals surface area contributed by atoms with Crippen molar-refractivity contribution in [3.05, 3.63) is 29.8 Å². The summed E-state index contributed by atoms with van der Waals surface area (Å²) < 4.78 is 5.31. The summed E-state index contributed by atoms with van der Waals surface area (Å²) in [5.41, 5.74) is 6.90. The Hall–Kier alpha value is -1.55.